The normalized spacial score (nSPS) is 11.9. The van der Waals surface area contributed by atoms with Crippen molar-refractivity contribution in [2.45, 2.75) is 44.7 Å². The van der Waals surface area contributed by atoms with E-state index in [9.17, 15) is 22.4 Å². The first kappa shape index (κ1) is 31.4. The van der Waals surface area contributed by atoms with E-state index in [1.54, 1.807) is 49.4 Å². The van der Waals surface area contributed by atoms with Crippen LogP contribution >= 0.6 is 0 Å². The van der Waals surface area contributed by atoms with Gasteiger partial charge in [0.25, 0.3) is 10.0 Å². The molecule has 224 valence electrons. The van der Waals surface area contributed by atoms with Crippen LogP contribution in [-0.2, 0) is 32.6 Å². The SMILES string of the molecule is CCNC(=O)C(Cc1ccccc1)N(Cc1ccc(F)cc1)C(=O)CN(c1ccc(C)c(C)c1)S(=O)(=O)c1ccccc1. The molecule has 4 aromatic rings. The molecule has 0 saturated carbocycles. The zero-order valence-corrected chi connectivity index (χ0v) is 25.4. The number of carbonyl (C=O) groups excluding carboxylic acids is 2. The average Bonchev–Trinajstić information content (AvgIpc) is 3.01. The Hall–Kier alpha value is -4.50. The predicted molar refractivity (Wildman–Crippen MR) is 166 cm³/mol. The van der Waals surface area contributed by atoms with Gasteiger partial charge in [-0.2, -0.15) is 0 Å². The van der Waals surface area contributed by atoms with E-state index in [1.165, 1.54) is 29.2 Å². The minimum absolute atomic E-state index is 0.0279. The van der Waals surface area contributed by atoms with Gasteiger partial charge in [0.15, 0.2) is 0 Å². The number of benzene rings is 4. The lowest BCUT2D eigenvalue weighted by Crippen LogP contribution is -2.53. The largest absolute Gasteiger partial charge is 0.355 e. The van der Waals surface area contributed by atoms with E-state index in [-0.39, 0.29) is 23.8 Å². The summed E-state index contributed by atoms with van der Waals surface area (Å²) in [6.07, 6.45) is 0.203. The lowest BCUT2D eigenvalue weighted by molar-refractivity contribution is -0.140. The number of hydrogen-bond donors (Lipinski definition) is 1. The van der Waals surface area contributed by atoms with E-state index in [4.69, 9.17) is 0 Å². The Labute approximate surface area is 253 Å². The molecule has 4 rings (SSSR count). The lowest BCUT2D eigenvalue weighted by atomic mass is 10.0. The molecule has 0 aliphatic carbocycles. The fourth-order valence-corrected chi connectivity index (χ4v) is 6.19. The molecule has 0 aromatic heterocycles. The molecule has 4 aromatic carbocycles. The number of hydrogen-bond acceptors (Lipinski definition) is 4. The van der Waals surface area contributed by atoms with E-state index < -0.39 is 34.3 Å². The molecule has 1 unspecified atom stereocenters. The Morgan fingerprint density at radius 1 is 0.814 bits per heavy atom. The van der Waals surface area contributed by atoms with Crippen LogP contribution in [0.25, 0.3) is 0 Å². The van der Waals surface area contributed by atoms with Gasteiger partial charge in [-0.1, -0.05) is 66.7 Å². The van der Waals surface area contributed by atoms with Crippen molar-refractivity contribution >= 4 is 27.5 Å². The summed E-state index contributed by atoms with van der Waals surface area (Å²) in [6.45, 7) is 5.36. The highest BCUT2D eigenvalue weighted by Crippen LogP contribution is 2.27. The van der Waals surface area contributed by atoms with Crippen LogP contribution in [0.1, 0.15) is 29.2 Å². The van der Waals surface area contributed by atoms with Gasteiger partial charge in [-0.3, -0.25) is 13.9 Å². The standard InChI is InChI=1S/C34H36FN3O4S/c1-4-36-34(40)32(22-27-11-7-5-8-12-27)37(23-28-16-18-29(35)19-17-28)33(39)24-38(30-20-15-25(2)26(3)21-30)43(41,42)31-13-9-6-10-14-31/h5-21,32H,4,22-24H2,1-3H3,(H,36,40). The molecule has 0 aliphatic rings. The molecule has 0 spiro atoms. The summed E-state index contributed by atoms with van der Waals surface area (Å²) in [6, 6.07) is 27.2. The van der Waals surface area contributed by atoms with E-state index >= 15 is 0 Å². The molecular weight excluding hydrogens is 565 g/mol. The third kappa shape index (κ3) is 7.87. The summed E-state index contributed by atoms with van der Waals surface area (Å²) < 4.78 is 42.9. The molecular formula is C34H36FN3O4S. The Morgan fingerprint density at radius 2 is 1.44 bits per heavy atom. The molecule has 9 heteroatoms. The molecule has 43 heavy (non-hydrogen) atoms. The van der Waals surface area contributed by atoms with Gasteiger partial charge in [0.2, 0.25) is 11.8 Å². The summed E-state index contributed by atoms with van der Waals surface area (Å²) in [5.41, 5.74) is 3.61. The highest BCUT2D eigenvalue weighted by molar-refractivity contribution is 7.92. The maximum Gasteiger partial charge on any atom is 0.264 e. The molecule has 0 radical (unpaired) electrons. The number of halogens is 1. The Balaban J connectivity index is 1.80. The summed E-state index contributed by atoms with van der Waals surface area (Å²) in [5.74, 6) is -1.37. The molecule has 0 saturated heterocycles. The van der Waals surface area contributed by atoms with Crippen molar-refractivity contribution in [3.63, 3.8) is 0 Å². The first-order valence-electron chi connectivity index (χ1n) is 14.1. The number of rotatable bonds is 12. The van der Waals surface area contributed by atoms with Crippen molar-refractivity contribution in [1.82, 2.24) is 10.2 Å². The van der Waals surface area contributed by atoms with E-state index in [0.29, 0.717) is 17.8 Å². The number of carbonyl (C=O) groups is 2. The summed E-state index contributed by atoms with van der Waals surface area (Å²) in [5, 5.41) is 2.83. The van der Waals surface area contributed by atoms with Crippen molar-refractivity contribution in [2.24, 2.45) is 0 Å². The monoisotopic (exact) mass is 601 g/mol. The molecule has 7 nitrogen and oxygen atoms in total. The molecule has 1 atom stereocenters. The second kappa shape index (κ2) is 14.1. The summed E-state index contributed by atoms with van der Waals surface area (Å²) in [7, 11) is -4.17. The maximum absolute atomic E-state index is 14.3. The van der Waals surface area contributed by atoms with Gasteiger partial charge in [0, 0.05) is 19.5 Å². The molecule has 0 aliphatic heterocycles. The third-order valence-electron chi connectivity index (χ3n) is 7.28. The smallest absolute Gasteiger partial charge is 0.264 e. The van der Waals surface area contributed by atoms with Gasteiger partial charge in [0.1, 0.15) is 18.4 Å². The summed E-state index contributed by atoms with van der Waals surface area (Å²) >= 11 is 0. The van der Waals surface area contributed by atoms with Crippen LogP contribution in [-0.4, -0.2) is 44.3 Å². The van der Waals surface area contributed by atoms with Crippen molar-refractivity contribution in [2.75, 3.05) is 17.4 Å². The molecule has 0 bridgehead atoms. The predicted octanol–water partition coefficient (Wildman–Crippen LogP) is 5.41. The van der Waals surface area contributed by atoms with Gasteiger partial charge in [-0.05, 0) is 79.4 Å². The van der Waals surface area contributed by atoms with Crippen LogP contribution in [0.3, 0.4) is 0 Å². The van der Waals surface area contributed by atoms with E-state index in [1.807, 2.05) is 50.2 Å². The fourth-order valence-electron chi connectivity index (χ4n) is 4.76. The maximum atomic E-state index is 14.3. The van der Waals surface area contributed by atoms with Crippen LogP contribution in [0.15, 0.2) is 108 Å². The average molecular weight is 602 g/mol. The molecule has 1 N–H and O–H groups in total. The zero-order valence-electron chi connectivity index (χ0n) is 24.5. The Morgan fingerprint density at radius 3 is 2.05 bits per heavy atom. The number of nitrogens with zero attached hydrogens (tertiary/aromatic N) is 2. The first-order valence-corrected chi connectivity index (χ1v) is 15.5. The number of aryl methyl sites for hydroxylation is 2. The van der Waals surface area contributed by atoms with Gasteiger partial charge < -0.3 is 10.2 Å². The lowest BCUT2D eigenvalue weighted by Gasteiger charge is -2.34. The minimum Gasteiger partial charge on any atom is -0.355 e. The van der Waals surface area contributed by atoms with Crippen molar-refractivity contribution in [3.8, 4) is 0 Å². The fraction of sp³-hybridized carbons (Fsp3) is 0.235. The van der Waals surface area contributed by atoms with Gasteiger partial charge >= 0.3 is 0 Å². The molecule has 0 fully saturated rings. The van der Waals surface area contributed by atoms with Crippen LogP contribution in [0.2, 0.25) is 0 Å². The number of nitrogens with one attached hydrogen (secondary N) is 1. The van der Waals surface area contributed by atoms with E-state index in [0.717, 1.165) is 21.0 Å². The van der Waals surface area contributed by atoms with Crippen molar-refractivity contribution < 1.29 is 22.4 Å². The number of anilines is 1. The van der Waals surface area contributed by atoms with E-state index in [2.05, 4.69) is 5.32 Å². The van der Waals surface area contributed by atoms with Crippen LogP contribution in [0, 0.1) is 19.7 Å². The van der Waals surface area contributed by atoms with Crippen LogP contribution < -0.4 is 9.62 Å². The van der Waals surface area contributed by atoms with Gasteiger partial charge in [0.05, 0.1) is 10.6 Å². The highest BCUT2D eigenvalue weighted by atomic mass is 32.2. The van der Waals surface area contributed by atoms with Gasteiger partial charge in [-0.15, -0.1) is 0 Å². The topological polar surface area (TPSA) is 86.8 Å². The second-order valence-corrected chi connectivity index (χ2v) is 12.2. The van der Waals surface area contributed by atoms with Crippen molar-refractivity contribution in [3.05, 3.63) is 131 Å². The van der Waals surface area contributed by atoms with Crippen LogP contribution in [0.4, 0.5) is 10.1 Å². The van der Waals surface area contributed by atoms with Crippen molar-refractivity contribution in [1.29, 1.82) is 0 Å². The third-order valence-corrected chi connectivity index (χ3v) is 9.06. The summed E-state index contributed by atoms with van der Waals surface area (Å²) in [4.78, 5) is 29.3. The highest BCUT2D eigenvalue weighted by Gasteiger charge is 2.34. The molecule has 2 amide bonds. The Bertz CT molecular complexity index is 1650. The zero-order chi connectivity index (χ0) is 31.0. The Kier molecular flexibility index (Phi) is 10.3. The molecule has 0 heterocycles. The first-order chi connectivity index (χ1) is 20.6. The van der Waals surface area contributed by atoms with Crippen LogP contribution in [0.5, 0.6) is 0 Å². The number of sulfonamides is 1. The second-order valence-electron chi connectivity index (χ2n) is 10.3. The quantitative estimate of drug-likeness (QED) is 0.235. The number of amides is 2. The minimum atomic E-state index is -4.17. The number of likely N-dealkylation sites (N-methyl/N-ethyl adjacent to an activating group) is 1. The van der Waals surface area contributed by atoms with Gasteiger partial charge in [-0.25, -0.2) is 12.8 Å².